The van der Waals surface area contributed by atoms with Crippen LogP contribution in [0, 0.1) is 0 Å². The van der Waals surface area contributed by atoms with Crippen molar-refractivity contribution in [1.82, 2.24) is 4.57 Å². The first kappa shape index (κ1) is 21.9. The van der Waals surface area contributed by atoms with Crippen molar-refractivity contribution in [2.75, 3.05) is 0 Å². The zero-order chi connectivity index (χ0) is 25.8. The molecule has 182 valence electrons. The van der Waals surface area contributed by atoms with E-state index < -0.39 is 0 Å². The molecule has 1 heterocycles. The van der Waals surface area contributed by atoms with Crippen LogP contribution in [0.4, 0.5) is 0 Å². The minimum atomic E-state index is 1.17. The van der Waals surface area contributed by atoms with Crippen LogP contribution in [-0.4, -0.2) is 4.57 Å². The predicted molar refractivity (Wildman–Crippen MR) is 167 cm³/mol. The number of rotatable bonds is 3. The Bertz CT molecular complexity index is 2150. The lowest BCUT2D eigenvalue weighted by Crippen LogP contribution is -1.93. The highest BCUT2D eigenvalue weighted by atomic mass is 15.0. The maximum absolute atomic E-state index is 2.40. The molecule has 0 atom stereocenters. The summed E-state index contributed by atoms with van der Waals surface area (Å²) >= 11 is 0. The fourth-order valence-corrected chi connectivity index (χ4v) is 6.06. The second-order valence-corrected chi connectivity index (χ2v) is 10.2. The molecule has 0 saturated heterocycles. The van der Waals surface area contributed by atoms with Gasteiger partial charge in [-0.3, -0.25) is 0 Å². The molecule has 0 amide bonds. The number of nitrogens with zero attached hydrogens (tertiary/aromatic N) is 1. The molecular weight excluding hydrogens is 470 g/mol. The minimum Gasteiger partial charge on any atom is -0.309 e. The summed E-state index contributed by atoms with van der Waals surface area (Å²) in [5, 5.41) is 7.67. The highest BCUT2D eigenvalue weighted by Crippen LogP contribution is 2.38. The molecule has 0 aliphatic rings. The van der Waals surface area contributed by atoms with Crippen molar-refractivity contribution in [3.05, 3.63) is 152 Å². The summed E-state index contributed by atoms with van der Waals surface area (Å²) in [7, 11) is 0. The monoisotopic (exact) mass is 495 g/mol. The molecule has 0 aliphatic heterocycles. The zero-order valence-electron chi connectivity index (χ0n) is 21.4. The average Bonchev–Trinajstić information content (AvgIpc) is 3.36. The Morgan fingerprint density at radius 1 is 0.333 bits per heavy atom. The smallest absolute Gasteiger partial charge is 0.0547 e. The first-order chi connectivity index (χ1) is 19.3. The third-order valence-corrected chi connectivity index (χ3v) is 7.97. The maximum atomic E-state index is 2.40. The fourth-order valence-electron chi connectivity index (χ4n) is 6.06. The highest BCUT2D eigenvalue weighted by Gasteiger charge is 2.15. The van der Waals surface area contributed by atoms with E-state index in [-0.39, 0.29) is 0 Å². The number of benzene rings is 7. The average molecular weight is 496 g/mol. The lowest BCUT2D eigenvalue weighted by atomic mass is 9.97. The van der Waals surface area contributed by atoms with Gasteiger partial charge in [0.05, 0.1) is 11.0 Å². The van der Waals surface area contributed by atoms with Gasteiger partial charge in [0.1, 0.15) is 0 Å². The Morgan fingerprint density at radius 2 is 0.949 bits per heavy atom. The molecule has 0 spiro atoms. The molecule has 8 rings (SSSR count). The molecule has 0 bridgehead atoms. The first-order valence-electron chi connectivity index (χ1n) is 13.4. The van der Waals surface area contributed by atoms with E-state index in [1.165, 1.54) is 71.3 Å². The van der Waals surface area contributed by atoms with E-state index in [9.17, 15) is 0 Å². The van der Waals surface area contributed by atoms with Gasteiger partial charge in [0.2, 0.25) is 0 Å². The van der Waals surface area contributed by atoms with Gasteiger partial charge in [0.25, 0.3) is 0 Å². The quantitative estimate of drug-likeness (QED) is 0.230. The van der Waals surface area contributed by atoms with Crippen LogP contribution in [-0.2, 0) is 0 Å². The summed E-state index contributed by atoms with van der Waals surface area (Å²) < 4.78 is 2.40. The molecule has 0 N–H and O–H groups in total. The van der Waals surface area contributed by atoms with Gasteiger partial charge in [-0.2, -0.15) is 0 Å². The summed E-state index contributed by atoms with van der Waals surface area (Å²) in [6.07, 6.45) is 0. The van der Waals surface area contributed by atoms with E-state index >= 15 is 0 Å². The minimum absolute atomic E-state index is 1.17. The van der Waals surface area contributed by atoms with Crippen LogP contribution in [0.15, 0.2) is 152 Å². The molecule has 0 aliphatic carbocycles. The third-order valence-electron chi connectivity index (χ3n) is 7.97. The largest absolute Gasteiger partial charge is 0.309 e. The number of aromatic nitrogens is 1. The summed E-state index contributed by atoms with van der Waals surface area (Å²) in [6.45, 7) is 0. The Hall–Kier alpha value is -5.14. The molecule has 1 aromatic heterocycles. The number of hydrogen-bond donors (Lipinski definition) is 0. The summed E-state index contributed by atoms with van der Waals surface area (Å²) in [5.74, 6) is 0. The molecule has 0 unspecified atom stereocenters. The van der Waals surface area contributed by atoms with Crippen LogP contribution >= 0.6 is 0 Å². The van der Waals surface area contributed by atoms with Gasteiger partial charge in [-0.1, -0.05) is 115 Å². The van der Waals surface area contributed by atoms with E-state index in [0.717, 1.165) is 0 Å². The van der Waals surface area contributed by atoms with E-state index in [1.54, 1.807) is 0 Å². The lowest BCUT2D eigenvalue weighted by Gasteiger charge is -2.10. The normalized spacial score (nSPS) is 11.6. The summed E-state index contributed by atoms with van der Waals surface area (Å²) in [6, 6.07) is 55.0. The van der Waals surface area contributed by atoms with Crippen LogP contribution < -0.4 is 0 Å². The van der Waals surface area contributed by atoms with Crippen LogP contribution in [0.5, 0.6) is 0 Å². The van der Waals surface area contributed by atoms with Crippen molar-refractivity contribution >= 4 is 43.4 Å². The molecule has 1 nitrogen and oxygen atoms in total. The fraction of sp³-hybridized carbons (Fsp3) is 0. The molecule has 7 aromatic carbocycles. The number of para-hydroxylation sites is 1. The Labute approximate surface area is 227 Å². The topological polar surface area (TPSA) is 4.93 Å². The van der Waals surface area contributed by atoms with Gasteiger partial charge < -0.3 is 4.57 Å². The van der Waals surface area contributed by atoms with E-state index in [1.807, 2.05) is 0 Å². The van der Waals surface area contributed by atoms with E-state index in [0.29, 0.717) is 0 Å². The van der Waals surface area contributed by atoms with E-state index in [2.05, 4.69) is 156 Å². The van der Waals surface area contributed by atoms with Crippen molar-refractivity contribution < 1.29 is 0 Å². The standard InChI is InChI=1S/C38H25N/c1-2-8-26(9-3-1)28-16-20-33(21-17-28)39-36-13-7-6-12-35(36)38-34-22-18-31(25-32(34)19-23-37(38)39)30-15-14-27-10-4-5-11-29(27)24-30/h1-25H. The van der Waals surface area contributed by atoms with Gasteiger partial charge in [0.15, 0.2) is 0 Å². The number of fused-ring (bicyclic) bond motifs is 6. The Morgan fingerprint density at radius 3 is 1.79 bits per heavy atom. The van der Waals surface area contributed by atoms with Crippen LogP contribution in [0.1, 0.15) is 0 Å². The van der Waals surface area contributed by atoms with Gasteiger partial charge in [-0.15, -0.1) is 0 Å². The Kier molecular flexibility index (Phi) is 4.89. The van der Waals surface area contributed by atoms with Gasteiger partial charge in [-0.05, 0) is 80.2 Å². The number of hydrogen-bond acceptors (Lipinski definition) is 0. The van der Waals surface area contributed by atoms with Crippen molar-refractivity contribution in [2.45, 2.75) is 0 Å². The van der Waals surface area contributed by atoms with Gasteiger partial charge >= 0.3 is 0 Å². The van der Waals surface area contributed by atoms with E-state index in [4.69, 9.17) is 0 Å². The van der Waals surface area contributed by atoms with Gasteiger partial charge in [-0.25, -0.2) is 0 Å². The van der Waals surface area contributed by atoms with Crippen molar-refractivity contribution in [1.29, 1.82) is 0 Å². The highest BCUT2D eigenvalue weighted by molar-refractivity contribution is 6.21. The first-order valence-corrected chi connectivity index (χ1v) is 13.4. The lowest BCUT2D eigenvalue weighted by molar-refractivity contribution is 1.18. The van der Waals surface area contributed by atoms with Gasteiger partial charge in [0, 0.05) is 16.5 Å². The van der Waals surface area contributed by atoms with Crippen LogP contribution in [0.2, 0.25) is 0 Å². The molecule has 0 fully saturated rings. The summed E-state index contributed by atoms with van der Waals surface area (Å²) in [5.41, 5.74) is 8.59. The van der Waals surface area contributed by atoms with Crippen LogP contribution in [0.3, 0.4) is 0 Å². The van der Waals surface area contributed by atoms with Crippen LogP contribution in [0.25, 0.3) is 71.3 Å². The molecule has 0 radical (unpaired) electrons. The molecule has 39 heavy (non-hydrogen) atoms. The second-order valence-electron chi connectivity index (χ2n) is 10.2. The SMILES string of the molecule is c1ccc(-c2ccc(-n3c4ccccc4c4c5ccc(-c6ccc7ccccc7c6)cc5ccc43)cc2)cc1. The second kappa shape index (κ2) is 8.72. The van der Waals surface area contributed by atoms with Crippen molar-refractivity contribution in [2.24, 2.45) is 0 Å². The maximum Gasteiger partial charge on any atom is 0.0547 e. The summed E-state index contributed by atoms with van der Waals surface area (Å²) in [4.78, 5) is 0. The van der Waals surface area contributed by atoms with Crippen molar-refractivity contribution in [3.63, 3.8) is 0 Å². The molecule has 1 heteroatoms. The predicted octanol–water partition coefficient (Wildman–Crippen LogP) is 10.4. The molecule has 8 aromatic rings. The third kappa shape index (κ3) is 3.55. The molecule has 0 saturated carbocycles. The molecular formula is C38H25N. The zero-order valence-corrected chi connectivity index (χ0v) is 21.4. The van der Waals surface area contributed by atoms with Crippen molar-refractivity contribution in [3.8, 4) is 27.9 Å². The Balaban J connectivity index is 1.30.